The maximum absolute atomic E-state index is 13.1. The molecule has 4 rings (SSSR count). The first-order valence-corrected chi connectivity index (χ1v) is 8.88. The summed E-state index contributed by atoms with van der Waals surface area (Å²) in [5.74, 6) is 1.77. The molecule has 1 saturated heterocycles. The van der Waals surface area contributed by atoms with Crippen molar-refractivity contribution in [2.45, 2.75) is 65.0 Å². The van der Waals surface area contributed by atoms with E-state index < -0.39 is 0 Å². The van der Waals surface area contributed by atoms with Crippen LogP contribution in [0.1, 0.15) is 59.1 Å². The number of nitrogens with zero attached hydrogens (tertiary/aromatic N) is 5. The van der Waals surface area contributed by atoms with E-state index >= 15 is 0 Å². The monoisotopic (exact) mass is 328 g/mol. The van der Waals surface area contributed by atoms with Gasteiger partial charge < -0.3 is 4.90 Å². The van der Waals surface area contributed by atoms with Crippen LogP contribution in [0, 0.1) is 13.8 Å². The number of H-pyrrole nitrogens is 1. The Morgan fingerprint density at radius 3 is 2.92 bits per heavy atom. The number of piperidine rings is 1. The van der Waals surface area contributed by atoms with Crippen molar-refractivity contribution in [2.24, 2.45) is 0 Å². The van der Waals surface area contributed by atoms with Crippen molar-refractivity contribution < 1.29 is 4.79 Å². The molecule has 1 aliphatic heterocycles. The van der Waals surface area contributed by atoms with E-state index in [0.29, 0.717) is 12.2 Å². The zero-order valence-corrected chi connectivity index (χ0v) is 14.4. The first-order valence-electron chi connectivity index (χ1n) is 8.88. The fourth-order valence-corrected chi connectivity index (χ4v) is 4.02. The van der Waals surface area contributed by atoms with Crippen molar-refractivity contribution in [3.05, 3.63) is 28.6 Å². The minimum atomic E-state index is 0.0774. The third-order valence-electron chi connectivity index (χ3n) is 5.24. The van der Waals surface area contributed by atoms with Crippen LogP contribution in [0.5, 0.6) is 0 Å². The normalized spacial score (nSPS) is 20.4. The molecule has 0 radical (unpaired) electrons. The van der Waals surface area contributed by atoms with Crippen molar-refractivity contribution in [3.63, 3.8) is 0 Å². The Morgan fingerprint density at radius 1 is 1.25 bits per heavy atom. The smallest absolute Gasteiger partial charge is 0.274 e. The molecule has 24 heavy (non-hydrogen) atoms. The lowest BCUT2D eigenvalue weighted by atomic mass is 10.0. The molecule has 1 amide bonds. The topological polar surface area (TPSA) is 79.7 Å². The number of hydrogen-bond acceptors (Lipinski definition) is 4. The second-order valence-corrected chi connectivity index (χ2v) is 6.92. The molecule has 128 valence electrons. The Hall–Kier alpha value is -2.18. The highest BCUT2D eigenvalue weighted by Crippen LogP contribution is 2.26. The number of aromatic nitrogens is 5. The van der Waals surface area contributed by atoms with Crippen molar-refractivity contribution in [3.8, 4) is 0 Å². The second kappa shape index (κ2) is 6.03. The number of carbonyl (C=O) groups excluding carboxylic acids is 1. The fraction of sp³-hybridized carbons (Fsp3) is 0.647. The first kappa shape index (κ1) is 15.4. The van der Waals surface area contributed by atoms with Gasteiger partial charge in [0.15, 0.2) is 5.69 Å². The van der Waals surface area contributed by atoms with Crippen LogP contribution in [0.25, 0.3) is 0 Å². The van der Waals surface area contributed by atoms with Gasteiger partial charge in [-0.1, -0.05) is 0 Å². The molecule has 3 heterocycles. The maximum atomic E-state index is 13.1. The van der Waals surface area contributed by atoms with Crippen LogP contribution < -0.4 is 0 Å². The molecule has 0 spiro atoms. The molecule has 1 fully saturated rings. The molecule has 1 N–H and O–H groups in total. The third-order valence-corrected chi connectivity index (χ3v) is 5.24. The number of hydrogen-bond donors (Lipinski definition) is 1. The van der Waals surface area contributed by atoms with Crippen LogP contribution in [-0.4, -0.2) is 48.4 Å². The minimum Gasteiger partial charge on any atom is -0.332 e. The summed E-state index contributed by atoms with van der Waals surface area (Å²) in [5.41, 5.74) is 2.92. The summed E-state index contributed by atoms with van der Waals surface area (Å²) in [4.78, 5) is 19.5. The van der Waals surface area contributed by atoms with Gasteiger partial charge in [-0.3, -0.25) is 9.89 Å². The number of carbonyl (C=O) groups is 1. The summed E-state index contributed by atoms with van der Waals surface area (Å²) in [6.07, 6.45) is 6.31. The van der Waals surface area contributed by atoms with Crippen molar-refractivity contribution >= 4 is 5.91 Å². The van der Waals surface area contributed by atoms with Gasteiger partial charge in [0.25, 0.3) is 5.91 Å². The van der Waals surface area contributed by atoms with Crippen molar-refractivity contribution in [1.29, 1.82) is 0 Å². The first-order chi connectivity index (χ1) is 11.6. The number of likely N-dealkylation sites (tertiary alicyclic amines) is 1. The van der Waals surface area contributed by atoms with E-state index in [1.807, 2.05) is 23.4 Å². The third kappa shape index (κ3) is 2.61. The molecule has 1 aliphatic carbocycles. The molecule has 1 atom stereocenters. The minimum absolute atomic E-state index is 0.0774. The summed E-state index contributed by atoms with van der Waals surface area (Å²) in [6, 6.07) is 0.166. The van der Waals surface area contributed by atoms with Crippen LogP contribution in [0.4, 0.5) is 0 Å². The van der Waals surface area contributed by atoms with Crippen molar-refractivity contribution in [1.82, 2.24) is 29.9 Å². The number of aryl methyl sites for hydroxylation is 3. The SMILES string of the molecule is Cc1nc(C)n(CC2CCCCN2C(=O)c2n[nH]c3c2CCC3)n1. The zero-order chi connectivity index (χ0) is 16.7. The highest BCUT2D eigenvalue weighted by molar-refractivity contribution is 5.94. The molecule has 2 aliphatic rings. The van der Waals surface area contributed by atoms with E-state index in [9.17, 15) is 4.79 Å². The Bertz CT molecular complexity index is 761. The number of aromatic amines is 1. The predicted octanol–water partition coefficient (Wildman–Crippen LogP) is 1.80. The van der Waals surface area contributed by atoms with E-state index in [4.69, 9.17) is 0 Å². The fourth-order valence-electron chi connectivity index (χ4n) is 4.02. The lowest BCUT2D eigenvalue weighted by molar-refractivity contribution is 0.0575. The summed E-state index contributed by atoms with van der Waals surface area (Å²) >= 11 is 0. The van der Waals surface area contributed by atoms with Gasteiger partial charge in [-0.15, -0.1) is 0 Å². The number of amides is 1. The molecular weight excluding hydrogens is 304 g/mol. The Morgan fingerprint density at radius 2 is 2.12 bits per heavy atom. The van der Waals surface area contributed by atoms with Crippen LogP contribution >= 0.6 is 0 Å². The van der Waals surface area contributed by atoms with E-state index in [2.05, 4.69) is 20.3 Å². The molecular formula is C17H24N6O. The van der Waals surface area contributed by atoms with Crippen molar-refractivity contribution in [2.75, 3.05) is 6.54 Å². The van der Waals surface area contributed by atoms with E-state index in [1.54, 1.807) is 0 Å². The van der Waals surface area contributed by atoms with Gasteiger partial charge in [0, 0.05) is 17.8 Å². The standard InChI is InChI=1S/C17H24N6O/c1-11-18-12(2)23(21-11)10-13-6-3-4-9-22(13)17(24)16-14-7-5-8-15(14)19-20-16/h13H,3-10H2,1-2H3,(H,19,20). The predicted molar refractivity (Wildman–Crippen MR) is 88.8 cm³/mol. The van der Waals surface area contributed by atoms with Gasteiger partial charge in [0.1, 0.15) is 11.6 Å². The number of fused-ring (bicyclic) bond motifs is 1. The summed E-state index contributed by atoms with van der Waals surface area (Å²) in [6.45, 7) is 5.39. The van der Waals surface area contributed by atoms with Crippen LogP contribution in [-0.2, 0) is 19.4 Å². The summed E-state index contributed by atoms with van der Waals surface area (Å²) in [7, 11) is 0. The lowest BCUT2D eigenvalue weighted by Gasteiger charge is -2.35. The zero-order valence-electron chi connectivity index (χ0n) is 14.4. The van der Waals surface area contributed by atoms with Crippen LogP contribution in [0.15, 0.2) is 0 Å². The van der Waals surface area contributed by atoms with Gasteiger partial charge in [0.05, 0.1) is 12.6 Å². The Kier molecular flexibility index (Phi) is 3.86. The molecule has 2 aromatic rings. The summed E-state index contributed by atoms with van der Waals surface area (Å²) in [5, 5.41) is 11.8. The van der Waals surface area contributed by atoms with E-state index in [0.717, 1.165) is 68.0 Å². The van der Waals surface area contributed by atoms with Gasteiger partial charge in [-0.2, -0.15) is 10.2 Å². The summed E-state index contributed by atoms with van der Waals surface area (Å²) < 4.78 is 1.93. The number of nitrogens with one attached hydrogen (secondary N) is 1. The molecule has 7 nitrogen and oxygen atoms in total. The number of rotatable bonds is 3. The Balaban J connectivity index is 1.57. The molecule has 0 bridgehead atoms. The van der Waals surface area contributed by atoms with E-state index in [1.165, 1.54) is 0 Å². The van der Waals surface area contributed by atoms with Crippen LogP contribution in [0.2, 0.25) is 0 Å². The highest BCUT2D eigenvalue weighted by Gasteiger charge is 2.32. The van der Waals surface area contributed by atoms with Crippen LogP contribution in [0.3, 0.4) is 0 Å². The average molecular weight is 328 g/mol. The van der Waals surface area contributed by atoms with E-state index in [-0.39, 0.29) is 11.9 Å². The van der Waals surface area contributed by atoms with Gasteiger partial charge in [0.2, 0.25) is 0 Å². The highest BCUT2D eigenvalue weighted by atomic mass is 16.2. The lowest BCUT2D eigenvalue weighted by Crippen LogP contribution is -2.46. The largest absolute Gasteiger partial charge is 0.332 e. The molecule has 1 unspecified atom stereocenters. The molecule has 0 saturated carbocycles. The molecule has 7 heteroatoms. The molecule has 2 aromatic heterocycles. The van der Waals surface area contributed by atoms with Gasteiger partial charge in [-0.25, -0.2) is 9.67 Å². The van der Waals surface area contributed by atoms with Gasteiger partial charge >= 0.3 is 0 Å². The second-order valence-electron chi connectivity index (χ2n) is 6.92. The average Bonchev–Trinajstić information content (AvgIpc) is 3.24. The molecule has 0 aromatic carbocycles. The Labute approximate surface area is 141 Å². The maximum Gasteiger partial charge on any atom is 0.274 e. The quantitative estimate of drug-likeness (QED) is 0.932. The van der Waals surface area contributed by atoms with Gasteiger partial charge in [-0.05, 0) is 52.4 Å².